The summed E-state index contributed by atoms with van der Waals surface area (Å²) in [5.41, 5.74) is 1.86. The van der Waals surface area contributed by atoms with Crippen molar-refractivity contribution in [1.29, 1.82) is 0 Å². The van der Waals surface area contributed by atoms with E-state index in [4.69, 9.17) is 9.47 Å². The maximum Gasteiger partial charge on any atom is 0.324 e. The summed E-state index contributed by atoms with van der Waals surface area (Å²) in [6, 6.07) is 13.6. The number of benzene rings is 2. The summed E-state index contributed by atoms with van der Waals surface area (Å²) < 4.78 is 10.5. The van der Waals surface area contributed by atoms with Crippen LogP contribution in [0.2, 0.25) is 0 Å². The molecule has 1 aliphatic rings. The third-order valence-electron chi connectivity index (χ3n) is 4.90. The van der Waals surface area contributed by atoms with E-state index in [9.17, 15) is 14.4 Å². The standard InChI is InChI=1S/C22H25N3O5/c1-29-18-9-8-15(12-19(18)30-2)10-11-25-21(27)17(24-22(25)28)13-20(26)23-14-16-6-4-3-5-7-16/h3-9,12,17H,10-11,13-14H2,1-2H3,(H,23,26)(H,24,28)/t17-/m0/s1. The number of methoxy groups -OCH3 is 2. The molecule has 0 aromatic heterocycles. The second kappa shape index (κ2) is 9.78. The number of rotatable bonds is 9. The number of hydrogen-bond donors (Lipinski definition) is 2. The first-order chi connectivity index (χ1) is 14.5. The van der Waals surface area contributed by atoms with Crippen LogP contribution in [0.15, 0.2) is 48.5 Å². The highest BCUT2D eigenvalue weighted by Gasteiger charge is 2.38. The van der Waals surface area contributed by atoms with Crippen LogP contribution in [0, 0.1) is 0 Å². The molecule has 0 aliphatic carbocycles. The number of amides is 4. The second-order valence-electron chi connectivity index (χ2n) is 6.90. The van der Waals surface area contributed by atoms with E-state index in [2.05, 4.69) is 10.6 Å². The molecular weight excluding hydrogens is 386 g/mol. The minimum Gasteiger partial charge on any atom is -0.493 e. The van der Waals surface area contributed by atoms with Crippen molar-refractivity contribution in [2.24, 2.45) is 0 Å². The molecule has 0 radical (unpaired) electrons. The molecule has 2 N–H and O–H groups in total. The Bertz CT molecular complexity index is 916. The van der Waals surface area contributed by atoms with Crippen LogP contribution < -0.4 is 20.1 Å². The molecule has 2 aromatic rings. The van der Waals surface area contributed by atoms with Crippen LogP contribution >= 0.6 is 0 Å². The van der Waals surface area contributed by atoms with Crippen molar-refractivity contribution in [1.82, 2.24) is 15.5 Å². The largest absolute Gasteiger partial charge is 0.493 e. The highest BCUT2D eigenvalue weighted by molar-refractivity contribution is 6.05. The number of carbonyl (C=O) groups excluding carboxylic acids is 3. The van der Waals surface area contributed by atoms with Crippen molar-refractivity contribution in [3.63, 3.8) is 0 Å². The average molecular weight is 411 g/mol. The predicted octanol–water partition coefficient (Wildman–Crippen LogP) is 1.87. The zero-order valence-corrected chi connectivity index (χ0v) is 17.0. The number of carbonyl (C=O) groups is 3. The van der Waals surface area contributed by atoms with Crippen molar-refractivity contribution in [3.05, 3.63) is 59.7 Å². The van der Waals surface area contributed by atoms with Gasteiger partial charge in [-0.15, -0.1) is 0 Å². The Morgan fingerprint density at radius 3 is 2.47 bits per heavy atom. The lowest BCUT2D eigenvalue weighted by Gasteiger charge is -2.14. The quantitative estimate of drug-likeness (QED) is 0.614. The molecule has 3 rings (SSSR count). The van der Waals surface area contributed by atoms with Crippen LogP contribution in [-0.4, -0.2) is 49.6 Å². The molecule has 8 heteroatoms. The van der Waals surface area contributed by atoms with E-state index < -0.39 is 18.0 Å². The van der Waals surface area contributed by atoms with E-state index in [0.29, 0.717) is 24.5 Å². The molecule has 30 heavy (non-hydrogen) atoms. The van der Waals surface area contributed by atoms with Crippen molar-refractivity contribution in [2.75, 3.05) is 20.8 Å². The van der Waals surface area contributed by atoms with Gasteiger partial charge in [-0.05, 0) is 29.7 Å². The van der Waals surface area contributed by atoms with E-state index in [1.807, 2.05) is 42.5 Å². The van der Waals surface area contributed by atoms with Crippen molar-refractivity contribution >= 4 is 17.8 Å². The minimum absolute atomic E-state index is 0.0930. The van der Waals surface area contributed by atoms with Gasteiger partial charge in [-0.25, -0.2) is 4.79 Å². The van der Waals surface area contributed by atoms with Gasteiger partial charge in [-0.2, -0.15) is 0 Å². The van der Waals surface area contributed by atoms with Gasteiger partial charge in [0.2, 0.25) is 5.91 Å². The Hall–Kier alpha value is -3.55. The normalized spacial score (nSPS) is 15.7. The van der Waals surface area contributed by atoms with Gasteiger partial charge in [0, 0.05) is 13.1 Å². The van der Waals surface area contributed by atoms with Gasteiger partial charge in [0.05, 0.1) is 20.6 Å². The van der Waals surface area contributed by atoms with E-state index >= 15 is 0 Å². The summed E-state index contributed by atoms with van der Waals surface area (Å²) in [7, 11) is 3.10. The fourth-order valence-electron chi connectivity index (χ4n) is 3.26. The Kier molecular flexibility index (Phi) is 6.90. The molecular formula is C22H25N3O5. The number of nitrogens with zero attached hydrogens (tertiary/aromatic N) is 1. The molecule has 1 atom stereocenters. The fourth-order valence-corrected chi connectivity index (χ4v) is 3.26. The summed E-state index contributed by atoms with van der Waals surface area (Å²) in [5.74, 6) is 0.507. The fraction of sp³-hybridized carbons (Fsp3) is 0.318. The summed E-state index contributed by atoms with van der Waals surface area (Å²) in [6.07, 6.45) is 0.372. The Labute approximate surface area is 175 Å². The van der Waals surface area contributed by atoms with Gasteiger partial charge in [0.25, 0.3) is 5.91 Å². The van der Waals surface area contributed by atoms with Gasteiger partial charge in [0.1, 0.15) is 6.04 Å². The topological polar surface area (TPSA) is 97.0 Å². The van der Waals surface area contributed by atoms with Crippen LogP contribution in [0.25, 0.3) is 0 Å². The predicted molar refractivity (Wildman–Crippen MR) is 110 cm³/mol. The smallest absolute Gasteiger partial charge is 0.324 e. The highest BCUT2D eigenvalue weighted by Crippen LogP contribution is 2.27. The molecule has 0 unspecified atom stereocenters. The van der Waals surface area contributed by atoms with Crippen LogP contribution in [0.3, 0.4) is 0 Å². The number of nitrogens with one attached hydrogen (secondary N) is 2. The van der Waals surface area contributed by atoms with E-state index in [1.54, 1.807) is 20.3 Å². The SMILES string of the molecule is COc1ccc(CCN2C(=O)N[C@@H](CC(=O)NCc3ccccc3)C2=O)cc1OC. The molecule has 1 aliphatic heterocycles. The summed E-state index contributed by atoms with van der Waals surface area (Å²) in [5, 5.41) is 5.36. The number of imide groups is 1. The van der Waals surface area contributed by atoms with Crippen LogP contribution in [-0.2, 0) is 22.6 Å². The minimum atomic E-state index is -0.848. The van der Waals surface area contributed by atoms with Gasteiger partial charge in [-0.1, -0.05) is 36.4 Å². The molecule has 1 heterocycles. The van der Waals surface area contributed by atoms with Crippen molar-refractivity contribution in [3.8, 4) is 11.5 Å². The third-order valence-corrected chi connectivity index (χ3v) is 4.90. The number of urea groups is 1. The molecule has 1 saturated heterocycles. The summed E-state index contributed by atoms with van der Waals surface area (Å²) in [4.78, 5) is 38.1. The summed E-state index contributed by atoms with van der Waals surface area (Å²) in [6.45, 7) is 0.583. The van der Waals surface area contributed by atoms with E-state index in [0.717, 1.165) is 16.0 Å². The molecule has 0 bridgehead atoms. The molecule has 158 valence electrons. The molecule has 2 aromatic carbocycles. The molecule has 1 fully saturated rings. The number of ether oxygens (including phenoxy) is 2. The van der Waals surface area contributed by atoms with Crippen molar-refractivity contribution < 1.29 is 23.9 Å². The zero-order chi connectivity index (χ0) is 21.5. The van der Waals surface area contributed by atoms with Gasteiger partial charge in [-0.3, -0.25) is 14.5 Å². The Morgan fingerprint density at radius 2 is 1.77 bits per heavy atom. The molecule has 0 spiro atoms. The van der Waals surface area contributed by atoms with Gasteiger partial charge >= 0.3 is 6.03 Å². The summed E-state index contributed by atoms with van der Waals surface area (Å²) >= 11 is 0. The van der Waals surface area contributed by atoms with Gasteiger partial charge < -0.3 is 20.1 Å². The van der Waals surface area contributed by atoms with Gasteiger partial charge in [0.15, 0.2) is 11.5 Å². The number of hydrogen-bond acceptors (Lipinski definition) is 5. The second-order valence-corrected chi connectivity index (χ2v) is 6.90. The average Bonchev–Trinajstić information content (AvgIpc) is 3.03. The molecule has 4 amide bonds. The lowest BCUT2D eigenvalue weighted by atomic mass is 10.1. The van der Waals surface area contributed by atoms with Crippen LogP contribution in [0.1, 0.15) is 17.5 Å². The van der Waals surface area contributed by atoms with E-state index in [1.165, 1.54) is 0 Å². The lowest BCUT2D eigenvalue weighted by Crippen LogP contribution is -2.36. The highest BCUT2D eigenvalue weighted by atomic mass is 16.5. The molecule has 8 nitrogen and oxygen atoms in total. The Balaban J connectivity index is 1.52. The first-order valence-corrected chi connectivity index (χ1v) is 9.65. The third kappa shape index (κ3) is 5.08. The first kappa shape index (κ1) is 21.2. The Morgan fingerprint density at radius 1 is 1.03 bits per heavy atom. The lowest BCUT2D eigenvalue weighted by molar-refractivity contribution is -0.130. The van der Waals surface area contributed by atoms with Crippen molar-refractivity contribution in [2.45, 2.75) is 25.4 Å². The first-order valence-electron chi connectivity index (χ1n) is 9.65. The maximum atomic E-state index is 12.6. The maximum absolute atomic E-state index is 12.6. The molecule has 0 saturated carbocycles. The van der Waals surface area contributed by atoms with E-state index in [-0.39, 0.29) is 18.9 Å². The monoisotopic (exact) mass is 411 g/mol. The van der Waals surface area contributed by atoms with Crippen LogP contribution in [0.4, 0.5) is 4.79 Å². The zero-order valence-electron chi connectivity index (χ0n) is 17.0. The van der Waals surface area contributed by atoms with Crippen LogP contribution in [0.5, 0.6) is 11.5 Å².